The SMILES string of the molecule is C=CC(=O)O.[Cu].[H-].[Li+]. The van der Waals surface area contributed by atoms with Gasteiger partial charge in [-0.25, -0.2) is 4.79 Å². The predicted molar refractivity (Wildman–Crippen MR) is 18.9 cm³/mol. The molecular weight excluding hydrogens is 139 g/mol. The van der Waals surface area contributed by atoms with Crippen molar-refractivity contribution in [1.82, 2.24) is 0 Å². The average Bonchev–Trinajstić information content (AvgIpc) is 1.38. The maximum Gasteiger partial charge on any atom is 1.00 e. The van der Waals surface area contributed by atoms with Crippen molar-refractivity contribution < 1.29 is 47.3 Å². The van der Waals surface area contributed by atoms with Gasteiger partial charge in [0.1, 0.15) is 0 Å². The number of hydrogen-bond acceptors (Lipinski definition) is 1. The molecule has 0 saturated heterocycles. The van der Waals surface area contributed by atoms with Crippen molar-refractivity contribution in [1.29, 1.82) is 0 Å². The fourth-order valence-corrected chi connectivity index (χ4v) is 0. The number of carboxylic acids is 1. The van der Waals surface area contributed by atoms with Crippen molar-refractivity contribution in [2.24, 2.45) is 0 Å². The normalized spacial score (nSPS) is 4.57. The van der Waals surface area contributed by atoms with Crippen LogP contribution in [0.3, 0.4) is 0 Å². The summed E-state index contributed by atoms with van der Waals surface area (Å²) < 4.78 is 0. The molecule has 0 heterocycles. The summed E-state index contributed by atoms with van der Waals surface area (Å²) in [6.07, 6.45) is 0.833. The van der Waals surface area contributed by atoms with Crippen LogP contribution in [0.4, 0.5) is 0 Å². The number of carboxylic acid groups (broad SMARTS) is 1. The molecule has 0 aliphatic rings. The molecule has 0 amide bonds. The van der Waals surface area contributed by atoms with E-state index in [4.69, 9.17) is 5.11 Å². The molecule has 0 aromatic heterocycles. The van der Waals surface area contributed by atoms with Crippen LogP contribution in [0.25, 0.3) is 0 Å². The zero-order valence-corrected chi connectivity index (χ0v) is 4.88. The van der Waals surface area contributed by atoms with Crippen molar-refractivity contribution in [2.45, 2.75) is 0 Å². The van der Waals surface area contributed by atoms with E-state index in [0.717, 1.165) is 6.08 Å². The Balaban J connectivity index is -0.0000000267. The molecule has 0 aromatic carbocycles. The molecule has 0 saturated carbocycles. The van der Waals surface area contributed by atoms with E-state index >= 15 is 0 Å². The molecule has 0 bridgehead atoms. The molecule has 41 valence electrons. The van der Waals surface area contributed by atoms with Crippen LogP contribution in [-0.2, 0) is 21.9 Å². The molecule has 0 aliphatic heterocycles. The van der Waals surface area contributed by atoms with Gasteiger partial charge in [0, 0.05) is 23.1 Å². The van der Waals surface area contributed by atoms with Gasteiger partial charge in [-0.1, -0.05) is 6.58 Å². The molecule has 0 aliphatic carbocycles. The second-order valence-corrected chi connectivity index (χ2v) is 0.542. The molecule has 0 aromatic rings. The first-order valence-corrected chi connectivity index (χ1v) is 1.12. The number of carbonyl (C=O) groups is 1. The first-order chi connectivity index (χ1) is 2.27. The number of aliphatic carboxylic acids is 1. The molecule has 1 N–H and O–H groups in total. The predicted octanol–water partition coefficient (Wildman–Crippen LogP) is -2.63. The third kappa shape index (κ3) is 21.9. The van der Waals surface area contributed by atoms with Gasteiger partial charge in [-0.05, 0) is 0 Å². The van der Waals surface area contributed by atoms with Crippen molar-refractivity contribution in [2.75, 3.05) is 0 Å². The first kappa shape index (κ1) is 15.7. The second kappa shape index (κ2) is 9.59. The Hall–Kier alpha value is 0.327. The van der Waals surface area contributed by atoms with E-state index in [9.17, 15) is 4.79 Å². The zero-order valence-electron chi connectivity index (χ0n) is 4.94. The minimum absolute atomic E-state index is 0. The Bertz CT molecular complexity index is 68.3. The fraction of sp³-hybridized carbons (Fsp3) is 0. The molecule has 4 heteroatoms. The number of hydrogen-bond donors (Lipinski definition) is 1. The molecule has 7 heavy (non-hydrogen) atoms. The zero-order chi connectivity index (χ0) is 4.28. The Kier molecular flexibility index (Phi) is 21.5. The molecule has 0 unspecified atom stereocenters. The summed E-state index contributed by atoms with van der Waals surface area (Å²) in [4.78, 5) is 9.25. The van der Waals surface area contributed by atoms with E-state index in [2.05, 4.69) is 6.58 Å². The van der Waals surface area contributed by atoms with Gasteiger partial charge < -0.3 is 6.53 Å². The van der Waals surface area contributed by atoms with Crippen LogP contribution < -0.4 is 18.9 Å². The third-order valence-electron chi connectivity index (χ3n) is 0.175. The molecular formula is C3H5CuLiO2. The molecule has 0 spiro atoms. The summed E-state index contributed by atoms with van der Waals surface area (Å²) in [5, 5.41) is 7.60. The standard InChI is InChI=1S/C3H4O2.Cu.Li.H/c1-2-3(4)5;;;/h2H,1H2,(H,4,5);;;/q;;+1;-1. The van der Waals surface area contributed by atoms with Crippen LogP contribution in [0, 0.1) is 0 Å². The van der Waals surface area contributed by atoms with Crippen molar-refractivity contribution in [3.63, 3.8) is 0 Å². The van der Waals surface area contributed by atoms with Crippen molar-refractivity contribution >= 4 is 5.97 Å². The van der Waals surface area contributed by atoms with E-state index in [1.807, 2.05) is 0 Å². The van der Waals surface area contributed by atoms with Crippen LogP contribution in [0.1, 0.15) is 1.43 Å². The summed E-state index contributed by atoms with van der Waals surface area (Å²) in [6, 6.07) is 0. The Morgan fingerprint density at radius 3 is 2.00 bits per heavy atom. The van der Waals surface area contributed by atoms with Gasteiger partial charge in [0.05, 0.1) is 0 Å². The maximum atomic E-state index is 9.25. The Labute approximate surface area is 66.1 Å². The van der Waals surface area contributed by atoms with E-state index in [0.29, 0.717) is 0 Å². The van der Waals surface area contributed by atoms with E-state index in [1.54, 1.807) is 0 Å². The number of rotatable bonds is 1. The largest absolute Gasteiger partial charge is 1.00 e. The van der Waals surface area contributed by atoms with Gasteiger partial charge in [0.15, 0.2) is 0 Å². The molecule has 0 fully saturated rings. The van der Waals surface area contributed by atoms with E-state index < -0.39 is 5.97 Å². The van der Waals surface area contributed by atoms with Crippen LogP contribution in [0.2, 0.25) is 0 Å². The van der Waals surface area contributed by atoms with Gasteiger partial charge in [-0.15, -0.1) is 0 Å². The van der Waals surface area contributed by atoms with Crippen molar-refractivity contribution in [3.05, 3.63) is 12.7 Å². The van der Waals surface area contributed by atoms with Crippen molar-refractivity contribution in [3.8, 4) is 0 Å². The summed E-state index contributed by atoms with van der Waals surface area (Å²) in [6.45, 7) is 2.96. The minimum atomic E-state index is -0.981. The Morgan fingerprint density at radius 1 is 1.86 bits per heavy atom. The van der Waals surface area contributed by atoms with Crippen LogP contribution in [0.15, 0.2) is 12.7 Å². The summed E-state index contributed by atoms with van der Waals surface area (Å²) >= 11 is 0. The fourth-order valence-electron chi connectivity index (χ4n) is 0. The molecule has 1 radical (unpaired) electrons. The van der Waals surface area contributed by atoms with E-state index in [1.165, 1.54) is 0 Å². The van der Waals surface area contributed by atoms with Gasteiger partial charge in [0.2, 0.25) is 0 Å². The monoisotopic (exact) mass is 143 g/mol. The summed E-state index contributed by atoms with van der Waals surface area (Å²) in [7, 11) is 0. The Morgan fingerprint density at radius 2 is 2.00 bits per heavy atom. The van der Waals surface area contributed by atoms with Gasteiger partial charge in [-0.2, -0.15) is 0 Å². The smallest absolute Gasteiger partial charge is 1.00 e. The summed E-state index contributed by atoms with van der Waals surface area (Å²) in [5.74, 6) is -0.981. The van der Waals surface area contributed by atoms with E-state index in [-0.39, 0.29) is 37.4 Å². The minimum Gasteiger partial charge on any atom is -1.00 e. The quantitative estimate of drug-likeness (QED) is 0.322. The second-order valence-electron chi connectivity index (χ2n) is 0.542. The third-order valence-corrected chi connectivity index (χ3v) is 0.175. The molecule has 2 nitrogen and oxygen atoms in total. The van der Waals surface area contributed by atoms with Gasteiger partial charge in [-0.3, -0.25) is 0 Å². The van der Waals surface area contributed by atoms with Gasteiger partial charge in [0.25, 0.3) is 0 Å². The van der Waals surface area contributed by atoms with Crippen LogP contribution in [0.5, 0.6) is 0 Å². The van der Waals surface area contributed by atoms with Crippen LogP contribution in [-0.4, -0.2) is 11.1 Å². The topological polar surface area (TPSA) is 37.3 Å². The average molecular weight is 144 g/mol. The van der Waals surface area contributed by atoms with Gasteiger partial charge >= 0.3 is 24.8 Å². The van der Waals surface area contributed by atoms with Crippen LogP contribution >= 0.6 is 0 Å². The maximum absolute atomic E-state index is 9.25. The first-order valence-electron chi connectivity index (χ1n) is 1.12. The summed E-state index contributed by atoms with van der Waals surface area (Å²) in [5.41, 5.74) is 0. The molecule has 0 rings (SSSR count). The molecule has 0 atom stereocenters.